The molecule has 0 bridgehead atoms. The van der Waals surface area contributed by atoms with Crippen LogP contribution in [0.1, 0.15) is 43.9 Å². The Morgan fingerprint density at radius 2 is 2.06 bits per heavy atom. The van der Waals surface area contributed by atoms with Crippen LogP contribution in [0.3, 0.4) is 0 Å². The van der Waals surface area contributed by atoms with Gasteiger partial charge in [0.05, 0.1) is 6.04 Å². The van der Waals surface area contributed by atoms with E-state index in [0.717, 1.165) is 19.0 Å². The fourth-order valence-electron chi connectivity index (χ4n) is 3.27. The molecule has 1 aromatic rings. The molecule has 0 unspecified atom stereocenters. The van der Waals surface area contributed by atoms with Gasteiger partial charge in [0.2, 0.25) is 5.89 Å². The molecule has 17 heavy (non-hydrogen) atoms. The number of hydrogen-bond acceptors (Lipinski definition) is 5. The molecule has 0 aromatic carbocycles. The van der Waals surface area contributed by atoms with Crippen LogP contribution >= 0.6 is 0 Å². The van der Waals surface area contributed by atoms with Crippen LogP contribution in [0, 0.1) is 5.41 Å². The molecule has 1 aliphatic heterocycles. The minimum absolute atomic E-state index is 0.461. The summed E-state index contributed by atoms with van der Waals surface area (Å²) in [5, 5.41) is 14.7. The van der Waals surface area contributed by atoms with Crippen molar-refractivity contribution in [2.45, 2.75) is 44.1 Å². The van der Waals surface area contributed by atoms with Crippen LogP contribution in [0.5, 0.6) is 0 Å². The lowest BCUT2D eigenvalue weighted by Crippen LogP contribution is -2.51. The predicted molar refractivity (Wildman–Crippen MR) is 62.8 cm³/mol. The van der Waals surface area contributed by atoms with E-state index in [4.69, 9.17) is 4.42 Å². The van der Waals surface area contributed by atoms with Crippen molar-refractivity contribution in [1.29, 1.82) is 0 Å². The summed E-state index contributed by atoms with van der Waals surface area (Å²) in [5.74, 6) is 1.37. The normalized spacial score (nSPS) is 27.3. The Hall–Kier alpha value is -1.10. The van der Waals surface area contributed by atoms with E-state index in [1.165, 1.54) is 32.1 Å². The molecular weight excluding hydrogens is 216 g/mol. The first-order chi connectivity index (χ1) is 8.33. The first-order valence-corrected chi connectivity index (χ1v) is 6.64. The molecule has 2 aliphatic carbocycles. The molecule has 2 heterocycles. The second kappa shape index (κ2) is 3.45. The van der Waals surface area contributed by atoms with Crippen molar-refractivity contribution in [2.24, 2.45) is 5.41 Å². The number of nitrogens with one attached hydrogen (secondary N) is 2. The van der Waals surface area contributed by atoms with Gasteiger partial charge in [-0.1, -0.05) is 11.5 Å². The highest BCUT2D eigenvalue weighted by molar-refractivity contribution is 5.23. The number of rotatable bonds is 3. The van der Waals surface area contributed by atoms with Gasteiger partial charge in [0.25, 0.3) is 0 Å². The van der Waals surface area contributed by atoms with Gasteiger partial charge >= 0.3 is 6.01 Å². The maximum atomic E-state index is 5.69. The monoisotopic (exact) mass is 234 g/mol. The Bertz CT molecular complexity index is 414. The van der Waals surface area contributed by atoms with Crippen molar-refractivity contribution in [3.8, 4) is 0 Å². The van der Waals surface area contributed by atoms with Crippen LogP contribution in [0.2, 0.25) is 0 Å². The summed E-state index contributed by atoms with van der Waals surface area (Å²) in [4.78, 5) is 0. The van der Waals surface area contributed by atoms with Gasteiger partial charge < -0.3 is 15.1 Å². The highest BCUT2D eigenvalue weighted by Gasteiger charge is 2.50. The summed E-state index contributed by atoms with van der Waals surface area (Å²) in [7, 11) is 0. The lowest BCUT2D eigenvalue weighted by molar-refractivity contribution is 0.000251. The first kappa shape index (κ1) is 9.88. The van der Waals surface area contributed by atoms with Crippen molar-refractivity contribution >= 4 is 6.01 Å². The highest BCUT2D eigenvalue weighted by Crippen LogP contribution is 2.61. The average Bonchev–Trinajstić information content (AvgIpc) is 2.55. The second-order valence-electron chi connectivity index (χ2n) is 5.90. The first-order valence-electron chi connectivity index (χ1n) is 6.64. The van der Waals surface area contributed by atoms with E-state index >= 15 is 0 Å². The number of hydrogen-bond donors (Lipinski definition) is 2. The van der Waals surface area contributed by atoms with Crippen LogP contribution in [0.25, 0.3) is 0 Å². The standard InChI is InChI=1S/C12H18N4O/c1-2-12(3-1)4-8(5-12)10-15-16-11(17-10)14-9-6-13-7-9/h8-9,13H,1-7H2,(H,14,16). The van der Waals surface area contributed by atoms with Crippen LogP contribution in [-0.4, -0.2) is 29.3 Å². The van der Waals surface area contributed by atoms with Gasteiger partial charge in [0.15, 0.2) is 0 Å². The van der Waals surface area contributed by atoms with Crippen molar-refractivity contribution in [3.63, 3.8) is 0 Å². The van der Waals surface area contributed by atoms with Gasteiger partial charge in [-0.2, -0.15) is 0 Å². The minimum Gasteiger partial charge on any atom is -0.408 e. The molecule has 0 radical (unpaired) electrons. The van der Waals surface area contributed by atoms with Gasteiger partial charge in [-0.05, 0) is 31.1 Å². The molecule has 3 aliphatic rings. The van der Waals surface area contributed by atoms with Crippen LogP contribution in [-0.2, 0) is 0 Å². The molecule has 2 N–H and O–H groups in total. The van der Waals surface area contributed by atoms with Crippen molar-refractivity contribution in [3.05, 3.63) is 5.89 Å². The smallest absolute Gasteiger partial charge is 0.315 e. The molecular formula is C12H18N4O. The van der Waals surface area contributed by atoms with Crippen LogP contribution in [0.4, 0.5) is 6.01 Å². The molecule has 92 valence electrons. The number of nitrogens with zero attached hydrogens (tertiary/aromatic N) is 2. The maximum absolute atomic E-state index is 5.69. The van der Waals surface area contributed by atoms with Gasteiger partial charge in [0.1, 0.15) is 0 Å². The topological polar surface area (TPSA) is 63.0 Å². The minimum atomic E-state index is 0.461. The third kappa shape index (κ3) is 1.56. The van der Waals surface area contributed by atoms with Crippen LogP contribution < -0.4 is 10.6 Å². The summed E-state index contributed by atoms with van der Waals surface area (Å²) in [5.41, 5.74) is 0.671. The Labute approximate surface area is 100 Å². The second-order valence-corrected chi connectivity index (χ2v) is 5.90. The fraction of sp³-hybridized carbons (Fsp3) is 0.833. The Kier molecular flexibility index (Phi) is 2.00. The number of aromatic nitrogens is 2. The summed E-state index contributed by atoms with van der Waals surface area (Å²) < 4.78 is 5.69. The van der Waals surface area contributed by atoms with E-state index in [-0.39, 0.29) is 0 Å². The molecule has 0 amide bonds. The molecule has 2 saturated carbocycles. The largest absolute Gasteiger partial charge is 0.408 e. The quantitative estimate of drug-likeness (QED) is 0.830. The lowest BCUT2D eigenvalue weighted by Gasteiger charge is -2.53. The maximum Gasteiger partial charge on any atom is 0.315 e. The van der Waals surface area contributed by atoms with E-state index in [0.29, 0.717) is 23.4 Å². The molecule has 0 atom stereocenters. The SMILES string of the molecule is C1CC2(C1)CC(c1nnc(NC3CNC3)o1)C2. The Balaban J connectivity index is 1.38. The van der Waals surface area contributed by atoms with Crippen molar-refractivity contribution in [2.75, 3.05) is 18.4 Å². The third-order valence-corrected chi connectivity index (χ3v) is 4.67. The van der Waals surface area contributed by atoms with Gasteiger partial charge in [-0.15, -0.1) is 5.10 Å². The zero-order valence-electron chi connectivity index (χ0n) is 9.91. The Morgan fingerprint density at radius 3 is 2.65 bits per heavy atom. The molecule has 1 spiro atoms. The summed E-state index contributed by atoms with van der Waals surface area (Å²) in [6.45, 7) is 1.98. The van der Waals surface area contributed by atoms with Crippen molar-refractivity contribution in [1.82, 2.24) is 15.5 Å². The van der Waals surface area contributed by atoms with E-state index in [9.17, 15) is 0 Å². The van der Waals surface area contributed by atoms with Gasteiger partial charge in [0, 0.05) is 19.0 Å². The zero-order chi connectivity index (χ0) is 11.3. The predicted octanol–water partition coefficient (Wildman–Crippen LogP) is 1.50. The molecule has 5 nitrogen and oxygen atoms in total. The summed E-state index contributed by atoms with van der Waals surface area (Å²) >= 11 is 0. The molecule has 1 aromatic heterocycles. The van der Waals surface area contributed by atoms with Crippen molar-refractivity contribution < 1.29 is 4.42 Å². The van der Waals surface area contributed by atoms with E-state index in [1.807, 2.05) is 0 Å². The molecule has 4 rings (SSSR count). The fourth-order valence-corrected chi connectivity index (χ4v) is 3.27. The van der Waals surface area contributed by atoms with E-state index in [1.54, 1.807) is 0 Å². The molecule has 5 heteroatoms. The lowest BCUT2D eigenvalue weighted by atomic mass is 9.52. The summed E-state index contributed by atoms with van der Waals surface area (Å²) in [6.07, 6.45) is 6.77. The van der Waals surface area contributed by atoms with E-state index < -0.39 is 0 Å². The van der Waals surface area contributed by atoms with Gasteiger partial charge in [-0.3, -0.25) is 0 Å². The van der Waals surface area contributed by atoms with Crippen LogP contribution in [0.15, 0.2) is 4.42 Å². The van der Waals surface area contributed by atoms with E-state index in [2.05, 4.69) is 20.8 Å². The summed E-state index contributed by atoms with van der Waals surface area (Å²) in [6, 6.07) is 1.06. The zero-order valence-corrected chi connectivity index (χ0v) is 9.91. The average molecular weight is 234 g/mol. The number of anilines is 1. The molecule has 3 fully saturated rings. The van der Waals surface area contributed by atoms with Gasteiger partial charge in [-0.25, -0.2) is 0 Å². The third-order valence-electron chi connectivity index (χ3n) is 4.67. The highest BCUT2D eigenvalue weighted by atomic mass is 16.4. The molecule has 1 saturated heterocycles. The Morgan fingerprint density at radius 1 is 1.24 bits per heavy atom.